The van der Waals surface area contributed by atoms with Crippen molar-refractivity contribution in [3.05, 3.63) is 16.1 Å². The average molecular weight is 382 g/mol. The Labute approximate surface area is 131 Å². The quantitative estimate of drug-likeness (QED) is 0.467. The van der Waals surface area contributed by atoms with Crippen LogP contribution in [0.15, 0.2) is 10.4 Å². The topological polar surface area (TPSA) is 54.5 Å². The van der Waals surface area contributed by atoms with Gasteiger partial charge < -0.3 is 10.6 Å². The SMILES string of the molecule is CCc1nc(CCN=C(N)N(CC)CC)cs1.I. The second-order valence-electron chi connectivity index (χ2n) is 3.75. The van der Waals surface area contributed by atoms with Crippen LogP contribution in [-0.4, -0.2) is 35.5 Å². The number of aryl methyl sites for hydroxylation is 1. The van der Waals surface area contributed by atoms with E-state index in [1.165, 1.54) is 5.01 Å². The maximum Gasteiger partial charge on any atom is 0.191 e. The fourth-order valence-electron chi connectivity index (χ4n) is 1.56. The summed E-state index contributed by atoms with van der Waals surface area (Å²) < 4.78 is 0. The minimum Gasteiger partial charge on any atom is -0.370 e. The molecule has 0 saturated carbocycles. The molecule has 0 amide bonds. The lowest BCUT2D eigenvalue weighted by molar-refractivity contribution is 0.458. The zero-order chi connectivity index (χ0) is 12.7. The van der Waals surface area contributed by atoms with E-state index >= 15 is 0 Å². The Morgan fingerprint density at radius 2 is 2.06 bits per heavy atom. The summed E-state index contributed by atoms with van der Waals surface area (Å²) in [4.78, 5) is 10.9. The molecule has 18 heavy (non-hydrogen) atoms. The molecule has 104 valence electrons. The van der Waals surface area contributed by atoms with E-state index in [0.29, 0.717) is 5.96 Å². The Morgan fingerprint density at radius 1 is 1.39 bits per heavy atom. The van der Waals surface area contributed by atoms with Crippen LogP contribution in [0.1, 0.15) is 31.5 Å². The molecule has 0 spiro atoms. The van der Waals surface area contributed by atoms with Gasteiger partial charge in [-0.1, -0.05) is 6.92 Å². The van der Waals surface area contributed by atoms with Crippen molar-refractivity contribution < 1.29 is 0 Å². The molecule has 1 aromatic heterocycles. The third-order valence-electron chi connectivity index (χ3n) is 2.63. The Bertz CT molecular complexity index is 361. The molecule has 1 heterocycles. The molecule has 1 aromatic rings. The first-order valence-corrected chi connectivity index (χ1v) is 7.07. The summed E-state index contributed by atoms with van der Waals surface area (Å²) in [6.45, 7) is 8.82. The molecule has 2 N–H and O–H groups in total. The van der Waals surface area contributed by atoms with Crippen molar-refractivity contribution in [2.75, 3.05) is 19.6 Å². The highest BCUT2D eigenvalue weighted by Gasteiger charge is 2.02. The lowest BCUT2D eigenvalue weighted by atomic mass is 10.3. The van der Waals surface area contributed by atoms with Crippen LogP contribution < -0.4 is 5.73 Å². The number of nitrogens with two attached hydrogens (primary N) is 1. The first-order valence-electron chi connectivity index (χ1n) is 6.19. The van der Waals surface area contributed by atoms with Crippen molar-refractivity contribution in [1.82, 2.24) is 9.88 Å². The summed E-state index contributed by atoms with van der Waals surface area (Å²) in [7, 11) is 0. The molecule has 0 radical (unpaired) electrons. The third kappa shape index (κ3) is 5.51. The van der Waals surface area contributed by atoms with Crippen molar-refractivity contribution in [1.29, 1.82) is 0 Å². The highest BCUT2D eigenvalue weighted by molar-refractivity contribution is 14.0. The highest BCUT2D eigenvalue weighted by atomic mass is 127. The normalized spacial score (nSPS) is 11.2. The van der Waals surface area contributed by atoms with Crippen LogP contribution in [0, 0.1) is 0 Å². The Hall–Kier alpha value is -0.370. The Kier molecular flexibility index (Phi) is 9.35. The summed E-state index contributed by atoms with van der Waals surface area (Å²) >= 11 is 1.72. The summed E-state index contributed by atoms with van der Waals surface area (Å²) in [6.07, 6.45) is 1.88. The number of aliphatic imine (C=N–C) groups is 1. The van der Waals surface area contributed by atoms with Crippen LogP contribution in [0.5, 0.6) is 0 Å². The van der Waals surface area contributed by atoms with Crippen molar-refractivity contribution in [2.24, 2.45) is 10.7 Å². The predicted octanol–water partition coefficient (Wildman–Crippen LogP) is 2.52. The van der Waals surface area contributed by atoms with Crippen LogP contribution >= 0.6 is 35.3 Å². The predicted molar refractivity (Wildman–Crippen MR) is 90.0 cm³/mol. The molecule has 0 bridgehead atoms. The Balaban J connectivity index is 0.00000289. The van der Waals surface area contributed by atoms with Gasteiger partial charge in [0.05, 0.1) is 10.7 Å². The fraction of sp³-hybridized carbons (Fsp3) is 0.667. The zero-order valence-electron chi connectivity index (χ0n) is 11.3. The number of hydrogen-bond donors (Lipinski definition) is 1. The van der Waals surface area contributed by atoms with Gasteiger partial charge in [-0.15, -0.1) is 35.3 Å². The molecular weight excluding hydrogens is 359 g/mol. The minimum absolute atomic E-state index is 0. The number of thiazole rings is 1. The summed E-state index contributed by atoms with van der Waals surface area (Å²) in [5.74, 6) is 0.640. The highest BCUT2D eigenvalue weighted by Crippen LogP contribution is 2.10. The van der Waals surface area contributed by atoms with E-state index in [4.69, 9.17) is 5.73 Å². The number of nitrogens with zero attached hydrogens (tertiary/aromatic N) is 3. The van der Waals surface area contributed by atoms with Gasteiger partial charge >= 0.3 is 0 Å². The van der Waals surface area contributed by atoms with E-state index in [-0.39, 0.29) is 24.0 Å². The van der Waals surface area contributed by atoms with Gasteiger partial charge in [0.2, 0.25) is 0 Å². The van der Waals surface area contributed by atoms with E-state index in [1.54, 1.807) is 11.3 Å². The van der Waals surface area contributed by atoms with Crippen molar-refractivity contribution in [2.45, 2.75) is 33.6 Å². The molecule has 0 fully saturated rings. The number of hydrogen-bond acceptors (Lipinski definition) is 3. The van der Waals surface area contributed by atoms with Crippen LogP contribution in [0.2, 0.25) is 0 Å². The van der Waals surface area contributed by atoms with Gasteiger partial charge in [-0.3, -0.25) is 4.99 Å². The number of guanidine groups is 1. The second kappa shape index (κ2) is 9.55. The lowest BCUT2D eigenvalue weighted by Gasteiger charge is -2.19. The summed E-state index contributed by atoms with van der Waals surface area (Å²) in [6, 6.07) is 0. The minimum atomic E-state index is 0. The number of aromatic nitrogens is 1. The first kappa shape index (κ1) is 17.6. The standard InChI is InChI=1S/C12H22N4S.HI/c1-4-11-15-10(9-17-11)7-8-14-12(13)16(5-2)6-3;/h9H,4-8H2,1-3H3,(H2,13,14);1H. The molecule has 0 aliphatic heterocycles. The van der Waals surface area contributed by atoms with Crippen LogP contribution in [-0.2, 0) is 12.8 Å². The fourth-order valence-corrected chi connectivity index (χ4v) is 2.34. The third-order valence-corrected chi connectivity index (χ3v) is 3.67. The molecule has 1 rings (SSSR count). The molecule has 0 atom stereocenters. The monoisotopic (exact) mass is 382 g/mol. The maximum atomic E-state index is 5.89. The second-order valence-corrected chi connectivity index (χ2v) is 4.69. The number of halogens is 1. The van der Waals surface area contributed by atoms with E-state index in [2.05, 4.69) is 41.0 Å². The summed E-state index contributed by atoms with van der Waals surface area (Å²) in [5, 5.41) is 3.31. The lowest BCUT2D eigenvalue weighted by Crippen LogP contribution is -2.37. The van der Waals surface area contributed by atoms with Gasteiger partial charge in [0.1, 0.15) is 0 Å². The van der Waals surface area contributed by atoms with Crippen molar-refractivity contribution in [3.63, 3.8) is 0 Å². The molecule has 0 aliphatic rings. The maximum absolute atomic E-state index is 5.89. The molecule has 0 saturated heterocycles. The van der Waals surface area contributed by atoms with Crippen LogP contribution in [0.4, 0.5) is 0 Å². The summed E-state index contributed by atoms with van der Waals surface area (Å²) in [5.41, 5.74) is 7.02. The molecule has 0 aliphatic carbocycles. The number of rotatable bonds is 6. The van der Waals surface area contributed by atoms with Gasteiger partial charge in [0, 0.05) is 31.4 Å². The van der Waals surface area contributed by atoms with Gasteiger partial charge in [-0.25, -0.2) is 4.98 Å². The smallest absolute Gasteiger partial charge is 0.191 e. The van der Waals surface area contributed by atoms with Gasteiger partial charge in [0.15, 0.2) is 5.96 Å². The van der Waals surface area contributed by atoms with E-state index < -0.39 is 0 Å². The van der Waals surface area contributed by atoms with Crippen molar-refractivity contribution >= 4 is 41.3 Å². The van der Waals surface area contributed by atoms with E-state index in [1.807, 2.05) is 0 Å². The largest absolute Gasteiger partial charge is 0.370 e. The van der Waals surface area contributed by atoms with E-state index in [9.17, 15) is 0 Å². The zero-order valence-corrected chi connectivity index (χ0v) is 14.5. The molecule has 0 unspecified atom stereocenters. The molecule has 6 heteroatoms. The first-order chi connectivity index (χ1) is 8.21. The Morgan fingerprint density at radius 3 is 2.56 bits per heavy atom. The molecule has 4 nitrogen and oxygen atoms in total. The molecule has 0 aromatic carbocycles. The average Bonchev–Trinajstić information content (AvgIpc) is 2.78. The van der Waals surface area contributed by atoms with Crippen molar-refractivity contribution in [3.8, 4) is 0 Å². The van der Waals surface area contributed by atoms with Gasteiger partial charge in [-0.05, 0) is 20.3 Å². The van der Waals surface area contributed by atoms with Crippen LogP contribution in [0.3, 0.4) is 0 Å². The van der Waals surface area contributed by atoms with Gasteiger partial charge in [0.25, 0.3) is 0 Å². The molecular formula is C12H23IN4S. The van der Waals surface area contributed by atoms with E-state index in [0.717, 1.165) is 38.2 Å². The van der Waals surface area contributed by atoms with Gasteiger partial charge in [-0.2, -0.15) is 0 Å². The van der Waals surface area contributed by atoms with Crippen LogP contribution in [0.25, 0.3) is 0 Å².